The Hall–Kier alpha value is -1.84. The summed E-state index contributed by atoms with van der Waals surface area (Å²) in [6, 6.07) is 5.74. The largest absolute Gasteiger partial charge is 0.478 e. The Morgan fingerprint density at radius 3 is 2.86 bits per heavy atom. The molecule has 3 rings (SSSR count). The Labute approximate surface area is 124 Å². The topological polar surface area (TPSA) is 55.1 Å². The molecule has 112 valence electrons. The summed E-state index contributed by atoms with van der Waals surface area (Å²) in [6.45, 7) is 4.45. The van der Waals surface area contributed by atoms with E-state index in [1.165, 1.54) is 19.3 Å². The normalized spacial score (nSPS) is 22.0. The smallest absolute Gasteiger partial charge is 0.335 e. The van der Waals surface area contributed by atoms with Crippen molar-refractivity contribution >= 4 is 17.0 Å². The van der Waals surface area contributed by atoms with Crippen molar-refractivity contribution < 1.29 is 9.90 Å². The number of imidazole rings is 1. The van der Waals surface area contributed by atoms with Crippen molar-refractivity contribution in [1.29, 1.82) is 0 Å². The van der Waals surface area contributed by atoms with Crippen LogP contribution in [0.2, 0.25) is 0 Å². The van der Waals surface area contributed by atoms with Crippen LogP contribution in [0.15, 0.2) is 18.2 Å². The first-order valence-electron chi connectivity index (χ1n) is 7.86. The van der Waals surface area contributed by atoms with Gasteiger partial charge in [0.15, 0.2) is 0 Å². The summed E-state index contributed by atoms with van der Waals surface area (Å²) in [5, 5.41) is 9.23. The summed E-state index contributed by atoms with van der Waals surface area (Å²) in [6.07, 6.45) is 5.65. The first kappa shape index (κ1) is 14.1. The summed E-state index contributed by atoms with van der Waals surface area (Å²) in [5.74, 6) is 0.862. The van der Waals surface area contributed by atoms with Crippen molar-refractivity contribution in [3.05, 3.63) is 29.6 Å². The number of carboxylic acids is 1. The molecule has 1 aromatic carbocycles. The van der Waals surface area contributed by atoms with Crippen LogP contribution in [-0.4, -0.2) is 20.6 Å². The molecule has 1 aliphatic rings. The third-order valence-electron chi connectivity index (χ3n) is 4.63. The van der Waals surface area contributed by atoms with E-state index in [1.54, 1.807) is 12.1 Å². The zero-order chi connectivity index (χ0) is 15.0. The second-order valence-corrected chi connectivity index (χ2v) is 6.13. The van der Waals surface area contributed by atoms with Gasteiger partial charge in [-0.25, -0.2) is 9.78 Å². The van der Waals surface area contributed by atoms with Crippen LogP contribution in [0.3, 0.4) is 0 Å². The minimum absolute atomic E-state index is 0.345. The van der Waals surface area contributed by atoms with E-state index in [-0.39, 0.29) is 0 Å². The number of benzene rings is 1. The van der Waals surface area contributed by atoms with Gasteiger partial charge in [0.05, 0.1) is 16.6 Å². The van der Waals surface area contributed by atoms with E-state index in [4.69, 9.17) is 4.98 Å². The first-order valence-corrected chi connectivity index (χ1v) is 7.86. The van der Waals surface area contributed by atoms with Crippen LogP contribution in [0, 0.1) is 5.92 Å². The molecule has 1 saturated carbocycles. The van der Waals surface area contributed by atoms with Gasteiger partial charge in [-0.15, -0.1) is 0 Å². The molecule has 0 saturated heterocycles. The van der Waals surface area contributed by atoms with E-state index in [2.05, 4.69) is 18.4 Å². The molecule has 0 aliphatic heterocycles. The summed E-state index contributed by atoms with van der Waals surface area (Å²) in [4.78, 5) is 16.0. The molecule has 0 bridgehead atoms. The number of carbonyl (C=O) groups is 1. The predicted octanol–water partition coefficient (Wildman–Crippen LogP) is 4.05. The molecular weight excluding hydrogens is 264 g/mol. The molecule has 0 amide bonds. The van der Waals surface area contributed by atoms with Gasteiger partial charge in [0.25, 0.3) is 0 Å². The van der Waals surface area contributed by atoms with Gasteiger partial charge in [-0.05, 0) is 43.4 Å². The van der Waals surface area contributed by atoms with Crippen molar-refractivity contribution in [1.82, 2.24) is 9.55 Å². The van der Waals surface area contributed by atoms with Gasteiger partial charge in [-0.1, -0.05) is 20.3 Å². The van der Waals surface area contributed by atoms with Gasteiger partial charge >= 0.3 is 5.97 Å². The Morgan fingerprint density at radius 1 is 1.43 bits per heavy atom. The number of hydrogen-bond acceptors (Lipinski definition) is 2. The summed E-state index contributed by atoms with van der Waals surface area (Å²) in [7, 11) is 0. The van der Waals surface area contributed by atoms with Crippen LogP contribution in [-0.2, 0) is 6.42 Å². The molecule has 1 heterocycles. The van der Waals surface area contributed by atoms with Crippen molar-refractivity contribution in [2.45, 2.75) is 52.0 Å². The molecule has 2 atom stereocenters. The third kappa shape index (κ3) is 2.43. The lowest BCUT2D eigenvalue weighted by Gasteiger charge is -2.21. The third-order valence-corrected chi connectivity index (χ3v) is 4.63. The van der Waals surface area contributed by atoms with E-state index in [9.17, 15) is 9.90 Å². The van der Waals surface area contributed by atoms with E-state index >= 15 is 0 Å². The maximum Gasteiger partial charge on any atom is 0.335 e. The molecule has 4 heteroatoms. The average molecular weight is 286 g/mol. The molecule has 0 radical (unpaired) electrons. The Kier molecular flexibility index (Phi) is 3.70. The van der Waals surface area contributed by atoms with Gasteiger partial charge in [0, 0.05) is 12.5 Å². The summed E-state index contributed by atoms with van der Waals surface area (Å²) >= 11 is 0. The molecule has 1 N–H and O–H groups in total. The maximum absolute atomic E-state index is 11.2. The van der Waals surface area contributed by atoms with Crippen LogP contribution in [0.1, 0.15) is 61.8 Å². The highest BCUT2D eigenvalue weighted by molar-refractivity contribution is 5.92. The Morgan fingerprint density at radius 2 is 2.24 bits per heavy atom. The molecule has 1 aromatic heterocycles. The number of rotatable bonds is 4. The second-order valence-electron chi connectivity index (χ2n) is 6.13. The molecular formula is C17H22N2O2. The highest BCUT2D eigenvalue weighted by atomic mass is 16.4. The van der Waals surface area contributed by atoms with Crippen LogP contribution >= 0.6 is 0 Å². The number of hydrogen-bond donors (Lipinski definition) is 1. The molecule has 1 fully saturated rings. The molecule has 2 aromatic rings. The highest BCUT2D eigenvalue weighted by Gasteiger charge is 2.28. The van der Waals surface area contributed by atoms with Gasteiger partial charge in [-0.3, -0.25) is 0 Å². The lowest BCUT2D eigenvalue weighted by molar-refractivity contribution is 0.0697. The number of aryl methyl sites for hydroxylation is 1. The van der Waals surface area contributed by atoms with Gasteiger partial charge < -0.3 is 9.67 Å². The second kappa shape index (κ2) is 5.51. The lowest BCUT2D eigenvalue weighted by Crippen LogP contribution is -2.15. The first-order chi connectivity index (χ1) is 10.1. The van der Waals surface area contributed by atoms with Crippen LogP contribution in [0.25, 0.3) is 11.0 Å². The van der Waals surface area contributed by atoms with Gasteiger partial charge in [0.2, 0.25) is 0 Å². The van der Waals surface area contributed by atoms with Gasteiger partial charge in [0.1, 0.15) is 5.82 Å². The van der Waals surface area contributed by atoms with Gasteiger partial charge in [-0.2, -0.15) is 0 Å². The summed E-state index contributed by atoms with van der Waals surface area (Å²) < 4.78 is 2.32. The zero-order valence-electron chi connectivity index (χ0n) is 12.7. The maximum atomic E-state index is 11.2. The number of aromatic nitrogens is 2. The van der Waals surface area contributed by atoms with Crippen molar-refractivity contribution in [3.8, 4) is 0 Å². The van der Waals surface area contributed by atoms with Crippen molar-refractivity contribution in [3.63, 3.8) is 0 Å². The van der Waals surface area contributed by atoms with Crippen LogP contribution < -0.4 is 0 Å². The molecule has 1 aliphatic carbocycles. The lowest BCUT2D eigenvalue weighted by atomic mass is 10.1. The van der Waals surface area contributed by atoms with E-state index < -0.39 is 5.97 Å². The molecule has 21 heavy (non-hydrogen) atoms. The van der Waals surface area contributed by atoms with Crippen molar-refractivity contribution in [2.24, 2.45) is 5.92 Å². The van der Waals surface area contributed by atoms with Crippen LogP contribution in [0.5, 0.6) is 0 Å². The number of aromatic carboxylic acids is 1. The van der Waals surface area contributed by atoms with E-state index in [0.717, 1.165) is 29.7 Å². The minimum atomic E-state index is -0.874. The van der Waals surface area contributed by atoms with E-state index in [0.29, 0.717) is 17.5 Å². The molecule has 2 unspecified atom stereocenters. The number of carboxylic acid groups (broad SMARTS) is 1. The molecule has 4 nitrogen and oxygen atoms in total. The Balaban J connectivity index is 2.18. The fraction of sp³-hybridized carbons (Fsp3) is 0.529. The highest BCUT2D eigenvalue weighted by Crippen LogP contribution is 2.38. The van der Waals surface area contributed by atoms with Crippen LogP contribution in [0.4, 0.5) is 0 Å². The fourth-order valence-corrected chi connectivity index (χ4v) is 3.56. The SMILES string of the molecule is CCCc1nc2ccc(C(=O)O)cc2n1C1CCCC1C. The predicted molar refractivity (Wildman–Crippen MR) is 82.7 cm³/mol. The zero-order valence-corrected chi connectivity index (χ0v) is 12.7. The average Bonchev–Trinajstić information content (AvgIpc) is 3.01. The quantitative estimate of drug-likeness (QED) is 0.922. The number of nitrogens with zero attached hydrogens (tertiary/aromatic N) is 2. The summed E-state index contributed by atoms with van der Waals surface area (Å²) in [5.41, 5.74) is 2.25. The standard InChI is InChI=1S/C17H22N2O2/c1-3-5-16-18-13-9-8-12(17(20)21)10-15(13)19(16)14-7-4-6-11(14)2/h8-11,14H,3-7H2,1-2H3,(H,20,21). The molecule has 0 spiro atoms. The number of fused-ring (bicyclic) bond motifs is 1. The van der Waals surface area contributed by atoms with Crippen molar-refractivity contribution in [2.75, 3.05) is 0 Å². The van der Waals surface area contributed by atoms with E-state index in [1.807, 2.05) is 6.07 Å². The monoisotopic (exact) mass is 286 g/mol. The fourth-order valence-electron chi connectivity index (χ4n) is 3.56. The Bertz CT molecular complexity index is 675. The minimum Gasteiger partial charge on any atom is -0.478 e.